The van der Waals surface area contributed by atoms with Gasteiger partial charge in [-0.2, -0.15) is 0 Å². The number of amides is 1. The van der Waals surface area contributed by atoms with Gasteiger partial charge in [0, 0.05) is 11.6 Å². The fraction of sp³-hybridized carbons (Fsp3) is 0.350. The van der Waals surface area contributed by atoms with Crippen LogP contribution in [-0.4, -0.2) is 10.8 Å². The maximum Gasteiger partial charge on any atom is 0.288 e. The second-order valence-corrected chi connectivity index (χ2v) is 7.00. The summed E-state index contributed by atoms with van der Waals surface area (Å²) in [6.07, 6.45) is 5.37. The highest BCUT2D eigenvalue weighted by atomic mass is 35.5. The first-order valence-corrected chi connectivity index (χ1v) is 9.24. The van der Waals surface area contributed by atoms with Crippen LogP contribution in [0.2, 0.25) is 5.02 Å². The molecule has 6 heteroatoms. The number of aryl methyl sites for hydroxylation is 2. The number of benzene rings is 2. The number of nitrogens with one attached hydrogen (secondary N) is 1. The Bertz CT molecular complexity index is 851. The summed E-state index contributed by atoms with van der Waals surface area (Å²) in [7, 11) is 0. The van der Waals surface area contributed by atoms with E-state index in [-0.39, 0.29) is 28.2 Å². The molecule has 0 bridgehead atoms. The van der Waals surface area contributed by atoms with E-state index in [0.717, 1.165) is 24.8 Å². The first-order chi connectivity index (χ1) is 12.5. The number of nitro groups is 1. The molecule has 5 nitrogen and oxygen atoms in total. The Kier molecular flexibility index (Phi) is 5.57. The van der Waals surface area contributed by atoms with Crippen molar-refractivity contribution in [1.82, 2.24) is 5.32 Å². The maximum atomic E-state index is 12.6. The third kappa shape index (κ3) is 3.88. The van der Waals surface area contributed by atoms with E-state index in [0.29, 0.717) is 0 Å². The van der Waals surface area contributed by atoms with Gasteiger partial charge in [-0.1, -0.05) is 36.7 Å². The molecule has 1 atom stereocenters. The van der Waals surface area contributed by atoms with Gasteiger partial charge in [-0.05, 0) is 60.9 Å². The summed E-state index contributed by atoms with van der Waals surface area (Å²) in [5, 5.41) is 14.0. The number of carbonyl (C=O) groups excluding carboxylic acids is 1. The Hall–Kier alpha value is -2.40. The third-order valence-electron chi connectivity index (χ3n) is 4.89. The standard InChI is InChI=1S/C20H21ClN2O3/c1-2-18(15-8-7-13-5-3-4-6-14(13)11-15)22-20(24)16-9-10-17(21)19(12-16)23(25)26/h7-12,18H,2-6H2,1H3,(H,22,24). The van der Waals surface area contributed by atoms with Crippen molar-refractivity contribution in [3.05, 3.63) is 73.8 Å². The Balaban J connectivity index is 1.81. The van der Waals surface area contributed by atoms with E-state index in [9.17, 15) is 14.9 Å². The van der Waals surface area contributed by atoms with Gasteiger partial charge in [-0.3, -0.25) is 14.9 Å². The SMILES string of the molecule is CCC(NC(=O)c1ccc(Cl)c([N+](=O)[O-])c1)c1ccc2c(c1)CCCC2. The lowest BCUT2D eigenvalue weighted by molar-refractivity contribution is -0.384. The number of nitro benzene ring substituents is 1. The molecule has 1 N–H and O–H groups in total. The number of fused-ring (bicyclic) bond motifs is 1. The fourth-order valence-corrected chi connectivity index (χ4v) is 3.61. The van der Waals surface area contributed by atoms with Crippen LogP contribution in [-0.2, 0) is 12.8 Å². The smallest absolute Gasteiger partial charge is 0.288 e. The molecule has 0 aromatic heterocycles. The quantitative estimate of drug-likeness (QED) is 0.592. The van der Waals surface area contributed by atoms with Crippen molar-refractivity contribution in [3.8, 4) is 0 Å². The summed E-state index contributed by atoms with van der Waals surface area (Å²) in [6.45, 7) is 2.01. The van der Waals surface area contributed by atoms with Gasteiger partial charge < -0.3 is 5.32 Å². The molecule has 0 fully saturated rings. The lowest BCUT2D eigenvalue weighted by Crippen LogP contribution is -2.28. The second kappa shape index (κ2) is 7.87. The van der Waals surface area contributed by atoms with Gasteiger partial charge in [0.2, 0.25) is 0 Å². The molecule has 0 radical (unpaired) electrons. The molecule has 0 aliphatic heterocycles. The number of hydrogen-bond donors (Lipinski definition) is 1. The fourth-order valence-electron chi connectivity index (χ4n) is 3.43. The first kappa shape index (κ1) is 18.4. The normalized spacial score (nSPS) is 14.4. The van der Waals surface area contributed by atoms with Crippen LogP contribution < -0.4 is 5.32 Å². The summed E-state index contributed by atoms with van der Waals surface area (Å²) in [5.41, 5.74) is 3.81. The van der Waals surface area contributed by atoms with Crippen molar-refractivity contribution in [2.45, 2.75) is 45.1 Å². The van der Waals surface area contributed by atoms with Crippen molar-refractivity contribution in [2.75, 3.05) is 0 Å². The molecule has 1 amide bonds. The average Bonchev–Trinajstić information content (AvgIpc) is 2.65. The molecular weight excluding hydrogens is 352 g/mol. The van der Waals surface area contributed by atoms with Crippen LogP contribution in [0.25, 0.3) is 0 Å². The molecular formula is C20H21ClN2O3. The Morgan fingerprint density at radius 2 is 1.92 bits per heavy atom. The predicted octanol–water partition coefficient (Wildman–Crippen LogP) is 5.01. The van der Waals surface area contributed by atoms with Crippen LogP contribution in [0.3, 0.4) is 0 Å². The zero-order valence-electron chi connectivity index (χ0n) is 14.6. The minimum absolute atomic E-state index is 0.0216. The molecule has 3 rings (SSSR count). The predicted molar refractivity (Wildman–Crippen MR) is 102 cm³/mol. The summed E-state index contributed by atoms with van der Waals surface area (Å²) in [4.78, 5) is 23.0. The monoisotopic (exact) mass is 372 g/mol. The van der Waals surface area contributed by atoms with Gasteiger partial charge in [0.25, 0.3) is 11.6 Å². The van der Waals surface area contributed by atoms with E-state index in [1.807, 2.05) is 6.92 Å². The minimum Gasteiger partial charge on any atom is -0.345 e. The largest absolute Gasteiger partial charge is 0.345 e. The number of hydrogen-bond acceptors (Lipinski definition) is 3. The highest BCUT2D eigenvalue weighted by molar-refractivity contribution is 6.32. The van der Waals surface area contributed by atoms with Gasteiger partial charge in [0.05, 0.1) is 11.0 Å². The lowest BCUT2D eigenvalue weighted by atomic mass is 9.88. The molecule has 0 saturated carbocycles. The van der Waals surface area contributed by atoms with E-state index in [1.165, 1.54) is 42.2 Å². The molecule has 0 heterocycles. The summed E-state index contributed by atoms with van der Waals surface area (Å²) >= 11 is 5.82. The van der Waals surface area contributed by atoms with Crippen LogP contribution >= 0.6 is 11.6 Å². The van der Waals surface area contributed by atoms with Gasteiger partial charge in [0.15, 0.2) is 0 Å². The molecule has 136 valence electrons. The molecule has 0 saturated heterocycles. The zero-order chi connectivity index (χ0) is 18.7. The maximum absolute atomic E-state index is 12.6. The van der Waals surface area contributed by atoms with Gasteiger partial charge >= 0.3 is 0 Å². The average molecular weight is 373 g/mol. The second-order valence-electron chi connectivity index (χ2n) is 6.59. The van der Waals surface area contributed by atoms with Crippen molar-refractivity contribution >= 4 is 23.2 Å². The Morgan fingerprint density at radius 1 is 1.19 bits per heavy atom. The molecule has 1 aliphatic rings. The topological polar surface area (TPSA) is 72.2 Å². The van der Waals surface area contributed by atoms with E-state index < -0.39 is 4.92 Å². The Labute approximate surface area is 157 Å². The van der Waals surface area contributed by atoms with Crippen molar-refractivity contribution in [2.24, 2.45) is 0 Å². The number of rotatable bonds is 5. The molecule has 2 aromatic carbocycles. The minimum atomic E-state index is -0.583. The van der Waals surface area contributed by atoms with Crippen LogP contribution in [0.4, 0.5) is 5.69 Å². The highest BCUT2D eigenvalue weighted by Crippen LogP contribution is 2.28. The van der Waals surface area contributed by atoms with Gasteiger partial charge in [0.1, 0.15) is 5.02 Å². The number of halogens is 1. The van der Waals surface area contributed by atoms with Crippen LogP contribution in [0, 0.1) is 10.1 Å². The van der Waals surface area contributed by atoms with E-state index in [2.05, 4.69) is 23.5 Å². The van der Waals surface area contributed by atoms with Gasteiger partial charge in [-0.15, -0.1) is 0 Å². The van der Waals surface area contributed by atoms with Crippen LogP contribution in [0.5, 0.6) is 0 Å². The van der Waals surface area contributed by atoms with E-state index in [1.54, 1.807) is 0 Å². The summed E-state index contributed by atoms with van der Waals surface area (Å²) in [6, 6.07) is 10.4. The van der Waals surface area contributed by atoms with Crippen molar-refractivity contribution in [1.29, 1.82) is 0 Å². The van der Waals surface area contributed by atoms with Crippen molar-refractivity contribution in [3.63, 3.8) is 0 Å². The molecule has 0 spiro atoms. The van der Waals surface area contributed by atoms with Crippen molar-refractivity contribution < 1.29 is 9.72 Å². The Morgan fingerprint density at radius 3 is 2.62 bits per heavy atom. The molecule has 1 unspecified atom stereocenters. The molecule has 26 heavy (non-hydrogen) atoms. The molecule has 2 aromatic rings. The highest BCUT2D eigenvalue weighted by Gasteiger charge is 2.20. The van der Waals surface area contributed by atoms with E-state index >= 15 is 0 Å². The van der Waals surface area contributed by atoms with E-state index in [4.69, 9.17) is 11.6 Å². The van der Waals surface area contributed by atoms with Gasteiger partial charge in [-0.25, -0.2) is 0 Å². The molecule has 1 aliphatic carbocycles. The lowest BCUT2D eigenvalue weighted by Gasteiger charge is -2.21. The first-order valence-electron chi connectivity index (χ1n) is 8.86. The summed E-state index contributed by atoms with van der Waals surface area (Å²) in [5.74, 6) is -0.339. The zero-order valence-corrected chi connectivity index (χ0v) is 15.4. The number of nitrogens with zero attached hydrogens (tertiary/aromatic N) is 1. The third-order valence-corrected chi connectivity index (χ3v) is 5.21. The van der Waals surface area contributed by atoms with Crippen LogP contribution in [0.1, 0.15) is 59.3 Å². The summed E-state index contributed by atoms with van der Waals surface area (Å²) < 4.78 is 0. The number of carbonyl (C=O) groups is 1. The van der Waals surface area contributed by atoms with Crippen LogP contribution in [0.15, 0.2) is 36.4 Å².